The normalized spacial score (nSPS) is 10.3. The second kappa shape index (κ2) is 6.13. The number of aryl methyl sites for hydroxylation is 1. The minimum atomic E-state index is -0.449. The first-order chi connectivity index (χ1) is 9.49. The molecule has 0 aliphatic carbocycles. The number of non-ortho nitro benzene ring substituents is 1. The molecule has 0 spiro atoms. The SMILES string of the molecule is Cc1cccc(C(=O)Cc2ccc([N+](=O)[O-])cc2)c1I. The largest absolute Gasteiger partial charge is 0.294 e. The van der Waals surface area contributed by atoms with Crippen LogP contribution in [0.1, 0.15) is 21.5 Å². The maximum Gasteiger partial charge on any atom is 0.269 e. The maximum atomic E-state index is 12.3. The molecule has 0 amide bonds. The Hall–Kier alpha value is -1.76. The van der Waals surface area contributed by atoms with E-state index in [0.717, 1.165) is 14.7 Å². The van der Waals surface area contributed by atoms with Crippen LogP contribution >= 0.6 is 22.6 Å². The lowest BCUT2D eigenvalue weighted by Gasteiger charge is -2.06. The Balaban J connectivity index is 2.19. The first kappa shape index (κ1) is 14.6. The molecule has 0 aromatic heterocycles. The number of benzene rings is 2. The molecule has 0 radical (unpaired) electrons. The van der Waals surface area contributed by atoms with Crippen molar-refractivity contribution < 1.29 is 9.72 Å². The third-order valence-corrected chi connectivity index (χ3v) is 4.44. The van der Waals surface area contributed by atoms with Crippen LogP contribution < -0.4 is 0 Å². The molecule has 0 saturated carbocycles. The topological polar surface area (TPSA) is 60.2 Å². The summed E-state index contributed by atoms with van der Waals surface area (Å²) in [7, 11) is 0. The molecule has 20 heavy (non-hydrogen) atoms. The molecule has 0 aliphatic rings. The summed E-state index contributed by atoms with van der Waals surface area (Å²) in [6.45, 7) is 1.96. The van der Waals surface area contributed by atoms with Gasteiger partial charge >= 0.3 is 0 Å². The molecule has 2 rings (SSSR count). The lowest BCUT2D eigenvalue weighted by atomic mass is 10.0. The zero-order valence-corrected chi connectivity index (χ0v) is 13.0. The summed E-state index contributed by atoms with van der Waals surface area (Å²) in [4.78, 5) is 22.4. The van der Waals surface area contributed by atoms with Crippen molar-refractivity contribution >= 4 is 34.1 Å². The molecule has 4 nitrogen and oxygen atoms in total. The highest BCUT2D eigenvalue weighted by Crippen LogP contribution is 2.19. The summed E-state index contributed by atoms with van der Waals surface area (Å²) in [6.07, 6.45) is 0.247. The number of ketones is 1. The molecule has 2 aromatic rings. The smallest absolute Gasteiger partial charge is 0.269 e. The van der Waals surface area contributed by atoms with E-state index in [1.165, 1.54) is 12.1 Å². The zero-order chi connectivity index (χ0) is 14.7. The minimum absolute atomic E-state index is 0.0203. The lowest BCUT2D eigenvalue weighted by molar-refractivity contribution is -0.384. The average molecular weight is 381 g/mol. The van der Waals surface area contributed by atoms with E-state index in [1.54, 1.807) is 12.1 Å². The van der Waals surface area contributed by atoms with E-state index in [2.05, 4.69) is 22.6 Å². The highest BCUT2D eigenvalue weighted by molar-refractivity contribution is 14.1. The van der Waals surface area contributed by atoms with Crippen molar-refractivity contribution in [3.05, 3.63) is 72.8 Å². The number of nitro benzene ring substituents is 1. The van der Waals surface area contributed by atoms with Crippen LogP contribution in [0.5, 0.6) is 0 Å². The fraction of sp³-hybridized carbons (Fsp3) is 0.133. The van der Waals surface area contributed by atoms with Crippen LogP contribution in [0.3, 0.4) is 0 Å². The predicted octanol–water partition coefficient (Wildman–Crippen LogP) is 3.93. The van der Waals surface area contributed by atoms with E-state index in [4.69, 9.17) is 0 Å². The van der Waals surface area contributed by atoms with E-state index in [-0.39, 0.29) is 17.9 Å². The summed E-state index contributed by atoms with van der Waals surface area (Å²) < 4.78 is 0.956. The number of hydrogen-bond donors (Lipinski definition) is 0. The third kappa shape index (κ3) is 3.22. The van der Waals surface area contributed by atoms with E-state index in [0.29, 0.717) is 5.56 Å². The van der Waals surface area contributed by atoms with Crippen LogP contribution in [-0.4, -0.2) is 10.7 Å². The van der Waals surface area contributed by atoms with Gasteiger partial charge in [0.15, 0.2) is 5.78 Å². The Labute approximate surface area is 130 Å². The standard InChI is InChI=1S/C15H12INO3/c1-10-3-2-4-13(15(10)16)14(18)9-11-5-7-12(8-6-11)17(19)20/h2-8H,9H2,1H3. The Morgan fingerprint density at radius 2 is 1.85 bits per heavy atom. The highest BCUT2D eigenvalue weighted by Gasteiger charge is 2.13. The molecule has 0 bridgehead atoms. The number of carbonyl (C=O) groups is 1. The van der Waals surface area contributed by atoms with Crippen LogP contribution in [0.15, 0.2) is 42.5 Å². The second-order valence-corrected chi connectivity index (χ2v) is 5.54. The van der Waals surface area contributed by atoms with Crippen molar-refractivity contribution in [2.24, 2.45) is 0 Å². The summed E-state index contributed by atoms with van der Waals surface area (Å²) in [6, 6.07) is 11.7. The van der Waals surface area contributed by atoms with Crippen molar-refractivity contribution in [3.63, 3.8) is 0 Å². The van der Waals surface area contributed by atoms with Gasteiger partial charge in [-0.3, -0.25) is 14.9 Å². The van der Waals surface area contributed by atoms with Crippen molar-refractivity contribution in [3.8, 4) is 0 Å². The number of nitro groups is 1. The molecule has 5 heteroatoms. The van der Waals surface area contributed by atoms with Crippen LogP contribution in [0, 0.1) is 20.6 Å². The first-order valence-electron chi connectivity index (χ1n) is 6.00. The van der Waals surface area contributed by atoms with Crippen LogP contribution in [0.2, 0.25) is 0 Å². The van der Waals surface area contributed by atoms with E-state index < -0.39 is 4.92 Å². The molecule has 0 unspecified atom stereocenters. The van der Waals surface area contributed by atoms with Crippen molar-refractivity contribution in [2.75, 3.05) is 0 Å². The van der Waals surface area contributed by atoms with Crippen molar-refractivity contribution in [1.82, 2.24) is 0 Å². The van der Waals surface area contributed by atoms with E-state index >= 15 is 0 Å². The van der Waals surface area contributed by atoms with Gasteiger partial charge in [0.05, 0.1) is 4.92 Å². The fourth-order valence-electron chi connectivity index (χ4n) is 1.88. The number of Topliss-reactive ketones (excluding diaryl/α,β-unsaturated/α-hetero) is 1. The molecular weight excluding hydrogens is 369 g/mol. The van der Waals surface area contributed by atoms with Gasteiger partial charge in [-0.05, 0) is 40.6 Å². The molecule has 0 atom stereocenters. The quantitative estimate of drug-likeness (QED) is 0.349. The Morgan fingerprint density at radius 1 is 1.20 bits per heavy atom. The highest BCUT2D eigenvalue weighted by atomic mass is 127. The van der Waals surface area contributed by atoms with Gasteiger partial charge in [-0.2, -0.15) is 0 Å². The number of carbonyl (C=O) groups excluding carboxylic acids is 1. The van der Waals surface area contributed by atoms with Gasteiger partial charge in [0.2, 0.25) is 0 Å². The van der Waals surface area contributed by atoms with Gasteiger partial charge in [0.1, 0.15) is 0 Å². The summed E-state index contributed by atoms with van der Waals surface area (Å²) in [5.74, 6) is 0.0203. The first-order valence-corrected chi connectivity index (χ1v) is 7.08. The molecular formula is C15H12INO3. The molecule has 0 aliphatic heterocycles. The summed E-state index contributed by atoms with van der Waals surface area (Å²) in [5, 5.41) is 10.6. The molecule has 0 N–H and O–H groups in total. The Kier molecular flexibility index (Phi) is 4.49. The van der Waals surface area contributed by atoms with Gasteiger partial charge in [-0.15, -0.1) is 0 Å². The van der Waals surface area contributed by atoms with Gasteiger partial charge in [-0.25, -0.2) is 0 Å². The van der Waals surface area contributed by atoms with Crippen LogP contribution in [-0.2, 0) is 6.42 Å². The van der Waals surface area contributed by atoms with Crippen molar-refractivity contribution in [2.45, 2.75) is 13.3 Å². The molecule has 2 aromatic carbocycles. The number of rotatable bonds is 4. The molecule has 0 heterocycles. The lowest BCUT2D eigenvalue weighted by Crippen LogP contribution is -2.06. The van der Waals surface area contributed by atoms with Crippen LogP contribution in [0.4, 0.5) is 5.69 Å². The van der Waals surface area contributed by atoms with Gasteiger partial charge in [0.25, 0.3) is 5.69 Å². The van der Waals surface area contributed by atoms with Crippen molar-refractivity contribution in [1.29, 1.82) is 0 Å². The Bertz CT molecular complexity index is 665. The average Bonchev–Trinajstić information content (AvgIpc) is 2.42. The van der Waals surface area contributed by atoms with Gasteiger partial charge < -0.3 is 0 Å². The number of nitrogens with zero attached hydrogens (tertiary/aromatic N) is 1. The Morgan fingerprint density at radius 3 is 2.45 bits per heavy atom. The monoisotopic (exact) mass is 381 g/mol. The van der Waals surface area contributed by atoms with Gasteiger partial charge in [-0.1, -0.05) is 30.3 Å². The summed E-state index contributed by atoms with van der Waals surface area (Å²) >= 11 is 2.17. The van der Waals surface area contributed by atoms with Crippen LogP contribution in [0.25, 0.3) is 0 Å². The number of halogens is 1. The zero-order valence-electron chi connectivity index (χ0n) is 10.8. The van der Waals surface area contributed by atoms with E-state index in [1.807, 2.05) is 25.1 Å². The van der Waals surface area contributed by atoms with E-state index in [9.17, 15) is 14.9 Å². The van der Waals surface area contributed by atoms with Gasteiger partial charge in [0, 0.05) is 27.7 Å². The fourth-order valence-corrected chi connectivity index (χ4v) is 2.54. The molecule has 0 fully saturated rings. The second-order valence-electron chi connectivity index (χ2n) is 4.46. The summed E-state index contributed by atoms with van der Waals surface area (Å²) in [5.41, 5.74) is 2.58. The molecule has 102 valence electrons. The predicted molar refractivity (Wildman–Crippen MR) is 85.0 cm³/mol. The minimum Gasteiger partial charge on any atom is -0.294 e. The number of hydrogen-bond acceptors (Lipinski definition) is 3. The third-order valence-electron chi connectivity index (χ3n) is 3.00. The maximum absolute atomic E-state index is 12.3. The molecule has 0 saturated heterocycles.